The summed E-state index contributed by atoms with van der Waals surface area (Å²) in [4.78, 5) is 13.6. The Morgan fingerprint density at radius 3 is 1.24 bits per heavy atom. The molecule has 0 saturated carbocycles. The normalized spacial score (nSPS) is 24.6. The third kappa shape index (κ3) is 9.11. The van der Waals surface area contributed by atoms with E-state index < -0.39 is 69.9 Å². The van der Waals surface area contributed by atoms with Gasteiger partial charge in [0.25, 0.3) is 0 Å². The van der Waals surface area contributed by atoms with Gasteiger partial charge in [-0.25, -0.2) is 4.79 Å². The maximum Gasteiger partial charge on any atom is 0.336 e. The van der Waals surface area contributed by atoms with E-state index in [1.807, 2.05) is 0 Å². The van der Waals surface area contributed by atoms with Gasteiger partial charge in [-0.05, 0) is 72.5 Å². The molecule has 1 saturated heterocycles. The average Bonchev–Trinajstić information content (AvgIpc) is 3.03. The maximum atomic E-state index is 13.6. The summed E-state index contributed by atoms with van der Waals surface area (Å²) in [6.45, 7) is 44.2. The fourth-order valence-electron chi connectivity index (χ4n) is 3.61. The third-order valence-corrected chi connectivity index (χ3v) is 28.7. The SMILES string of the molecule is COC(=O)[C@@H](O[Si](C)(C)C(C)(C)C)[C@@H]1O[C@@H](O[Si](C)(C)C(C)(C)C)[C@H](O[Si](C)(C)C(C)(C)C)[C@H]1O[Si](C)(C)C(C)(C)C. The Kier molecular flexibility index (Phi) is 12.2. The van der Waals surface area contributed by atoms with E-state index in [-0.39, 0.29) is 20.2 Å². The zero-order valence-electron chi connectivity index (χ0n) is 31.2. The summed E-state index contributed by atoms with van der Waals surface area (Å²) in [5, 5.41) is -0.293. The smallest absolute Gasteiger partial charge is 0.336 e. The molecule has 0 aromatic heterocycles. The van der Waals surface area contributed by atoms with Crippen molar-refractivity contribution in [1.82, 2.24) is 0 Å². The van der Waals surface area contributed by atoms with Crippen LogP contribution in [0, 0.1) is 0 Å². The van der Waals surface area contributed by atoms with Crippen LogP contribution in [0.3, 0.4) is 0 Å². The summed E-state index contributed by atoms with van der Waals surface area (Å²) in [5.74, 6) is -0.451. The molecule has 250 valence electrons. The molecule has 11 heteroatoms. The Morgan fingerprint density at radius 2 is 0.905 bits per heavy atom. The van der Waals surface area contributed by atoms with E-state index in [1.54, 1.807) is 0 Å². The van der Waals surface area contributed by atoms with Crippen molar-refractivity contribution < 1.29 is 32.0 Å². The first-order valence-electron chi connectivity index (χ1n) is 15.7. The van der Waals surface area contributed by atoms with Crippen molar-refractivity contribution in [2.45, 2.75) is 186 Å². The lowest BCUT2D eigenvalue weighted by molar-refractivity contribution is -0.168. The van der Waals surface area contributed by atoms with Crippen molar-refractivity contribution in [1.29, 1.82) is 0 Å². The monoisotopic (exact) mass is 664 g/mol. The molecule has 42 heavy (non-hydrogen) atoms. The molecule has 0 aromatic carbocycles. The Balaban J connectivity index is 3.95. The van der Waals surface area contributed by atoms with Crippen molar-refractivity contribution >= 4 is 39.2 Å². The quantitative estimate of drug-likeness (QED) is 0.170. The summed E-state index contributed by atoms with van der Waals surface area (Å²) in [6.07, 6.45) is -3.50. The Hall–Kier alpha value is 0.138. The van der Waals surface area contributed by atoms with Crippen LogP contribution in [0.2, 0.25) is 72.5 Å². The first-order chi connectivity index (χ1) is 18.2. The number of methoxy groups -OCH3 is 1. The van der Waals surface area contributed by atoms with Crippen LogP contribution in [0.25, 0.3) is 0 Å². The lowest BCUT2D eigenvalue weighted by Crippen LogP contribution is -2.58. The zero-order valence-corrected chi connectivity index (χ0v) is 35.2. The molecule has 0 bridgehead atoms. The number of esters is 1. The van der Waals surface area contributed by atoms with Gasteiger partial charge in [0.2, 0.25) is 0 Å². The van der Waals surface area contributed by atoms with Crippen LogP contribution >= 0.6 is 0 Å². The molecular weight excluding hydrogens is 597 g/mol. The lowest BCUT2D eigenvalue weighted by Gasteiger charge is -2.45. The van der Waals surface area contributed by atoms with Gasteiger partial charge in [-0.2, -0.15) is 0 Å². The number of hydrogen-bond acceptors (Lipinski definition) is 7. The fourth-order valence-corrected chi connectivity index (χ4v) is 8.53. The van der Waals surface area contributed by atoms with Crippen LogP contribution < -0.4 is 0 Å². The molecule has 0 N–H and O–H groups in total. The van der Waals surface area contributed by atoms with Crippen LogP contribution in [0.15, 0.2) is 0 Å². The zero-order chi connectivity index (χ0) is 33.7. The molecule has 1 rings (SSSR count). The fraction of sp³-hybridized carbons (Fsp3) is 0.968. The Bertz CT molecular complexity index is 922. The highest BCUT2D eigenvalue weighted by molar-refractivity contribution is 6.75. The summed E-state index contributed by atoms with van der Waals surface area (Å²) < 4.78 is 40.6. The molecule has 1 aliphatic heterocycles. The minimum Gasteiger partial charge on any atom is -0.467 e. The molecule has 0 spiro atoms. The molecule has 1 fully saturated rings. The van der Waals surface area contributed by atoms with Crippen LogP contribution in [0.1, 0.15) is 83.1 Å². The largest absolute Gasteiger partial charge is 0.467 e. The van der Waals surface area contributed by atoms with Gasteiger partial charge in [0.1, 0.15) is 18.3 Å². The second kappa shape index (κ2) is 12.7. The molecule has 7 nitrogen and oxygen atoms in total. The summed E-state index contributed by atoms with van der Waals surface area (Å²) >= 11 is 0. The van der Waals surface area contributed by atoms with Crippen LogP contribution in [0.5, 0.6) is 0 Å². The van der Waals surface area contributed by atoms with Gasteiger partial charge in [-0.15, -0.1) is 0 Å². The van der Waals surface area contributed by atoms with Gasteiger partial charge in [0.05, 0.1) is 7.11 Å². The minimum absolute atomic E-state index is 0.0481. The van der Waals surface area contributed by atoms with E-state index in [9.17, 15) is 4.79 Å². The highest BCUT2D eigenvalue weighted by Gasteiger charge is 2.60. The minimum atomic E-state index is -2.43. The molecule has 0 radical (unpaired) electrons. The number of carbonyl (C=O) groups is 1. The van der Waals surface area contributed by atoms with Crippen LogP contribution in [-0.4, -0.2) is 77.1 Å². The average molecular weight is 665 g/mol. The first kappa shape index (κ1) is 40.2. The van der Waals surface area contributed by atoms with Crippen LogP contribution in [-0.2, 0) is 32.0 Å². The van der Waals surface area contributed by atoms with Gasteiger partial charge in [0.15, 0.2) is 45.7 Å². The molecule has 0 aliphatic carbocycles. The van der Waals surface area contributed by atoms with Gasteiger partial charge < -0.3 is 27.2 Å². The molecule has 0 amide bonds. The highest BCUT2D eigenvalue weighted by Crippen LogP contribution is 2.47. The maximum absolute atomic E-state index is 13.6. The van der Waals surface area contributed by atoms with E-state index in [0.29, 0.717) is 0 Å². The Labute approximate surface area is 264 Å². The molecule has 0 unspecified atom stereocenters. The van der Waals surface area contributed by atoms with E-state index >= 15 is 0 Å². The summed E-state index contributed by atoms with van der Waals surface area (Å²) in [7, 11) is -8.03. The third-order valence-electron chi connectivity index (χ3n) is 10.9. The van der Waals surface area contributed by atoms with Crippen LogP contribution in [0.4, 0.5) is 0 Å². The highest BCUT2D eigenvalue weighted by atomic mass is 28.4. The van der Waals surface area contributed by atoms with Crippen molar-refractivity contribution in [3.05, 3.63) is 0 Å². The second-order valence-corrected chi connectivity index (χ2v) is 37.4. The summed E-state index contributed by atoms with van der Waals surface area (Å²) in [5.41, 5.74) is 0. The second-order valence-electron chi connectivity index (χ2n) is 18.4. The summed E-state index contributed by atoms with van der Waals surface area (Å²) in [6, 6.07) is 0. The molecular formula is C31H68O7Si4. The standard InChI is InChI=1S/C31H68O7Si4/c1-28(2,3)39(14,15)35-23-22(24(26(32)33-13)36-40(16,17)29(4,5)6)34-27(38-42(20,21)31(10,11)12)25(23)37-41(18,19)30(7,8)9/h22-25,27H,1-21H3/t22-,23+,24+,25-,27+/m1/s1. The van der Waals surface area contributed by atoms with E-state index in [4.69, 9.17) is 27.2 Å². The van der Waals surface area contributed by atoms with Crippen molar-refractivity contribution in [3.63, 3.8) is 0 Å². The molecule has 1 heterocycles. The number of hydrogen-bond donors (Lipinski definition) is 0. The van der Waals surface area contributed by atoms with Crippen molar-refractivity contribution in [2.24, 2.45) is 0 Å². The van der Waals surface area contributed by atoms with Crippen molar-refractivity contribution in [2.75, 3.05) is 7.11 Å². The number of carbonyl (C=O) groups excluding carboxylic acids is 1. The molecule has 0 aromatic rings. The van der Waals surface area contributed by atoms with Gasteiger partial charge in [-0.1, -0.05) is 83.1 Å². The molecule has 1 aliphatic rings. The van der Waals surface area contributed by atoms with Crippen molar-refractivity contribution in [3.8, 4) is 0 Å². The van der Waals surface area contributed by atoms with Gasteiger partial charge in [0, 0.05) is 0 Å². The predicted octanol–water partition coefficient (Wildman–Crippen LogP) is 9.08. The Morgan fingerprint density at radius 1 is 0.571 bits per heavy atom. The van der Waals surface area contributed by atoms with E-state index in [0.717, 1.165) is 0 Å². The topological polar surface area (TPSA) is 72.5 Å². The number of rotatable bonds is 10. The predicted molar refractivity (Wildman–Crippen MR) is 185 cm³/mol. The van der Waals surface area contributed by atoms with Gasteiger partial charge >= 0.3 is 5.97 Å². The number of ether oxygens (including phenoxy) is 2. The van der Waals surface area contributed by atoms with E-state index in [2.05, 4.69) is 135 Å². The lowest BCUT2D eigenvalue weighted by atomic mass is 10.1. The van der Waals surface area contributed by atoms with E-state index in [1.165, 1.54) is 7.11 Å². The first-order valence-corrected chi connectivity index (χ1v) is 27.3. The molecule has 5 atom stereocenters. The van der Waals surface area contributed by atoms with Gasteiger partial charge in [-0.3, -0.25) is 0 Å².